The summed E-state index contributed by atoms with van der Waals surface area (Å²) in [6, 6.07) is 3.29. The quantitative estimate of drug-likeness (QED) is 0.905. The van der Waals surface area contributed by atoms with E-state index in [-0.39, 0.29) is 6.10 Å². The van der Waals surface area contributed by atoms with Gasteiger partial charge in [0, 0.05) is 0 Å². The van der Waals surface area contributed by atoms with Crippen molar-refractivity contribution >= 4 is 23.4 Å². The van der Waals surface area contributed by atoms with E-state index in [4.69, 9.17) is 4.74 Å². The lowest BCUT2D eigenvalue weighted by Gasteiger charge is -2.33. The molecular formula is C14H17FN2O3. The third-order valence-corrected chi connectivity index (χ3v) is 2.98. The number of imide groups is 1. The molecule has 6 heteroatoms. The van der Waals surface area contributed by atoms with Gasteiger partial charge in [0.05, 0.1) is 17.5 Å². The highest BCUT2D eigenvalue weighted by Gasteiger charge is 2.36. The molecule has 2 rings (SSSR count). The summed E-state index contributed by atoms with van der Waals surface area (Å²) in [5, 5.41) is 2.94. The second-order valence-corrected chi connectivity index (χ2v) is 4.87. The van der Waals surface area contributed by atoms with Crippen LogP contribution in [0.4, 0.5) is 20.6 Å². The zero-order valence-electron chi connectivity index (χ0n) is 11.6. The largest absolute Gasteiger partial charge is 0.446 e. The summed E-state index contributed by atoms with van der Waals surface area (Å²) in [5.74, 6) is -0.824. The van der Waals surface area contributed by atoms with Crippen molar-refractivity contribution in [2.75, 3.05) is 10.2 Å². The van der Waals surface area contributed by atoms with Crippen LogP contribution in [-0.2, 0) is 9.53 Å². The second-order valence-electron chi connectivity index (χ2n) is 4.87. The molecule has 1 aromatic carbocycles. The van der Waals surface area contributed by atoms with Crippen molar-refractivity contribution in [1.82, 2.24) is 0 Å². The van der Waals surface area contributed by atoms with E-state index in [2.05, 4.69) is 5.32 Å². The van der Waals surface area contributed by atoms with Crippen molar-refractivity contribution in [3.8, 4) is 0 Å². The molecule has 5 nitrogen and oxygen atoms in total. The van der Waals surface area contributed by atoms with E-state index < -0.39 is 23.9 Å². The van der Waals surface area contributed by atoms with Gasteiger partial charge < -0.3 is 10.1 Å². The molecule has 0 aromatic heterocycles. The molecule has 1 atom stereocenters. The molecule has 0 bridgehead atoms. The first-order chi connectivity index (χ1) is 9.43. The molecule has 0 aliphatic carbocycles. The number of halogens is 1. The Kier molecular flexibility index (Phi) is 3.92. The number of benzene rings is 1. The highest BCUT2D eigenvalue weighted by atomic mass is 19.1. The van der Waals surface area contributed by atoms with Crippen LogP contribution in [0.25, 0.3) is 0 Å². The molecule has 0 fully saturated rings. The first-order valence-electron chi connectivity index (χ1n) is 6.54. The van der Waals surface area contributed by atoms with E-state index in [9.17, 15) is 14.0 Å². The predicted octanol–water partition coefficient (Wildman–Crippen LogP) is 2.91. The number of rotatable bonds is 2. The number of amides is 2. The molecule has 0 unspecified atom stereocenters. The maximum atomic E-state index is 13.3. The number of nitrogens with zero attached hydrogens (tertiary/aromatic N) is 1. The molecule has 0 radical (unpaired) electrons. The van der Waals surface area contributed by atoms with Crippen molar-refractivity contribution < 1.29 is 18.7 Å². The van der Waals surface area contributed by atoms with Crippen molar-refractivity contribution in [2.45, 2.75) is 39.3 Å². The number of fused-ring (bicyclic) bond motifs is 1. The summed E-state index contributed by atoms with van der Waals surface area (Å²) in [5.41, 5.74) is 0.726. The maximum Gasteiger partial charge on any atom is 0.421 e. The van der Waals surface area contributed by atoms with E-state index in [1.54, 1.807) is 13.8 Å². The number of nitrogens with one attached hydrogen (secondary N) is 1. The lowest BCUT2D eigenvalue weighted by atomic mass is 10.1. The van der Waals surface area contributed by atoms with Gasteiger partial charge in [0.25, 0.3) is 5.91 Å². The molecule has 108 valence electrons. The second kappa shape index (κ2) is 5.48. The van der Waals surface area contributed by atoms with Crippen molar-refractivity contribution in [3.05, 3.63) is 24.0 Å². The number of hydrogen-bond acceptors (Lipinski definition) is 4. The Balaban J connectivity index is 2.43. The molecule has 0 saturated heterocycles. The zero-order valence-corrected chi connectivity index (χ0v) is 11.6. The van der Waals surface area contributed by atoms with Crippen LogP contribution in [0.5, 0.6) is 0 Å². The van der Waals surface area contributed by atoms with Crippen molar-refractivity contribution in [3.63, 3.8) is 0 Å². The summed E-state index contributed by atoms with van der Waals surface area (Å²) >= 11 is 0. The first-order valence-corrected chi connectivity index (χ1v) is 6.54. The monoisotopic (exact) mass is 280 g/mol. The average molecular weight is 280 g/mol. The number of ether oxygens (including phenoxy) is 1. The number of carbonyl (C=O) groups excluding carboxylic acids is 2. The summed E-state index contributed by atoms with van der Waals surface area (Å²) in [6.07, 6.45) is -0.591. The Morgan fingerprint density at radius 1 is 1.50 bits per heavy atom. The molecule has 0 spiro atoms. The Morgan fingerprint density at radius 2 is 2.20 bits per heavy atom. The molecular weight excluding hydrogens is 263 g/mol. The lowest BCUT2D eigenvalue weighted by Crippen LogP contribution is -2.50. The standard InChI is InChI=1S/C14H17FN2O3/c1-4-10-13(18)17(14(19)20-8(2)3)12-6-5-9(15)7-11(12)16-10/h5-8,10,16H,4H2,1-3H3/t10-/m0/s1. The van der Waals surface area contributed by atoms with Crippen molar-refractivity contribution in [2.24, 2.45) is 0 Å². The molecule has 1 N–H and O–H groups in total. The van der Waals surface area contributed by atoms with E-state index >= 15 is 0 Å². The molecule has 1 aliphatic heterocycles. The van der Waals surface area contributed by atoms with Crippen LogP contribution < -0.4 is 10.2 Å². The van der Waals surface area contributed by atoms with Gasteiger partial charge in [-0.1, -0.05) is 6.92 Å². The lowest BCUT2D eigenvalue weighted by molar-refractivity contribution is -0.119. The Labute approximate surface area is 116 Å². The average Bonchev–Trinajstić information content (AvgIpc) is 2.37. The van der Waals surface area contributed by atoms with E-state index in [1.165, 1.54) is 18.2 Å². The first kappa shape index (κ1) is 14.3. The van der Waals surface area contributed by atoms with Gasteiger partial charge in [0.15, 0.2) is 0 Å². The van der Waals surface area contributed by atoms with Gasteiger partial charge in [0.1, 0.15) is 11.9 Å². The van der Waals surface area contributed by atoms with Crippen LogP contribution in [0.2, 0.25) is 0 Å². The van der Waals surface area contributed by atoms with Crippen LogP contribution in [0, 0.1) is 5.82 Å². The van der Waals surface area contributed by atoms with E-state index in [1.807, 2.05) is 6.92 Å². The summed E-state index contributed by atoms with van der Waals surface area (Å²) < 4.78 is 18.4. The fourth-order valence-corrected chi connectivity index (χ4v) is 2.06. The van der Waals surface area contributed by atoms with Gasteiger partial charge in [-0.3, -0.25) is 4.79 Å². The fourth-order valence-electron chi connectivity index (χ4n) is 2.06. The summed E-state index contributed by atoms with van der Waals surface area (Å²) in [6.45, 7) is 5.21. The van der Waals surface area contributed by atoms with Crippen LogP contribution in [0.3, 0.4) is 0 Å². The van der Waals surface area contributed by atoms with Gasteiger partial charge in [0.2, 0.25) is 0 Å². The van der Waals surface area contributed by atoms with Gasteiger partial charge in [-0.2, -0.15) is 0 Å². The Bertz CT molecular complexity index is 545. The molecule has 2 amide bonds. The minimum Gasteiger partial charge on any atom is -0.446 e. The van der Waals surface area contributed by atoms with E-state index in [0.29, 0.717) is 17.8 Å². The normalized spacial score (nSPS) is 17.8. The van der Waals surface area contributed by atoms with Gasteiger partial charge >= 0.3 is 6.09 Å². The topological polar surface area (TPSA) is 58.6 Å². The molecule has 1 aliphatic rings. The molecule has 0 saturated carbocycles. The minimum atomic E-state index is -0.738. The van der Waals surface area contributed by atoms with Gasteiger partial charge in [-0.25, -0.2) is 14.1 Å². The Morgan fingerprint density at radius 3 is 2.80 bits per heavy atom. The third-order valence-electron chi connectivity index (χ3n) is 2.98. The Hall–Kier alpha value is -2.11. The summed E-state index contributed by atoms with van der Waals surface area (Å²) in [7, 11) is 0. The van der Waals surface area contributed by atoms with Crippen LogP contribution in [0.15, 0.2) is 18.2 Å². The highest BCUT2D eigenvalue weighted by molar-refractivity contribution is 6.18. The van der Waals surface area contributed by atoms with Crippen LogP contribution in [-0.4, -0.2) is 24.1 Å². The minimum absolute atomic E-state index is 0.312. The van der Waals surface area contributed by atoms with Crippen molar-refractivity contribution in [1.29, 1.82) is 0 Å². The number of anilines is 2. The van der Waals surface area contributed by atoms with Crippen LogP contribution >= 0.6 is 0 Å². The number of carbonyl (C=O) groups is 2. The zero-order chi connectivity index (χ0) is 14.9. The molecule has 1 aromatic rings. The van der Waals surface area contributed by atoms with Crippen LogP contribution in [0.1, 0.15) is 27.2 Å². The number of hydrogen-bond donors (Lipinski definition) is 1. The molecule has 1 heterocycles. The third kappa shape index (κ3) is 2.59. The van der Waals surface area contributed by atoms with Gasteiger partial charge in [-0.15, -0.1) is 0 Å². The highest BCUT2D eigenvalue weighted by Crippen LogP contribution is 2.33. The van der Waals surface area contributed by atoms with Gasteiger partial charge in [-0.05, 0) is 38.5 Å². The smallest absolute Gasteiger partial charge is 0.421 e. The molecule has 20 heavy (non-hydrogen) atoms. The SMILES string of the molecule is CC[C@@H]1Nc2cc(F)ccc2N(C(=O)OC(C)C)C1=O. The summed E-state index contributed by atoms with van der Waals surface area (Å²) in [4.78, 5) is 25.4. The maximum absolute atomic E-state index is 13.3. The fraction of sp³-hybridized carbons (Fsp3) is 0.429. The van der Waals surface area contributed by atoms with E-state index in [0.717, 1.165) is 4.90 Å². The predicted molar refractivity (Wildman–Crippen MR) is 73.2 cm³/mol.